The number of nitrogens with one attached hydrogen (secondary N) is 1. The van der Waals surface area contributed by atoms with Crippen molar-refractivity contribution in [3.63, 3.8) is 0 Å². The zero-order valence-electron chi connectivity index (χ0n) is 16.9. The molecule has 4 rings (SSSR count). The largest absolute Gasteiger partial charge is 0.378 e. The number of carbonyl (C=O) groups excluding carboxylic acids is 1. The topological polar surface area (TPSA) is 59.4 Å². The van der Waals surface area contributed by atoms with Gasteiger partial charge in [-0.3, -0.25) is 4.79 Å². The van der Waals surface area contributed by atoms with E-state index in [1.807, 2.05) is 62.4 Å². The molecule has 1 saturated heterocycles. The third-order valence-corrected chi connectivity index (χ3v) is 5.29. The predicted octanol–water partition coefficient (Wildman–Crippen LogP) is 3.26. The van der Waals surface area contributed by atoms with Crippen LogP contribution < -0.4 is 10.2 Å². The molecule has 0 bridgehead atoms. The van der Waals surface area contributed by atoms with Crippen molar-refractivity contribution < 1.29 is 9.53 Å². The molecular formula is C23H26N4O2. The molecule has 6 nitrogen and oxygen atoms in total. The third kappa shape index (κ3) is 4.17. The number of pyridine rings is 1. The standard InChI is InChI=1S/C23H26N4O2/c1-17-14-21(18(2)27(17)20-6-4-3-5-7-20)23(28)25-16-19-8-9-24-22(15-19)26-10-12-29-13-11-26/h3-9,14-15H,10-13,16H2,1-2H3,(H,25,28). The first-order valence-corrected chi connectivity index (χ1v) is 9.93. The highest BCUT2D eigenvalue weighted by Gasteiger charge is 2.17. The molecule has 150 valence electrons. The van der Waals surface area contributed by atoms with E-state index < -0.39 is 0 Å². The van der Waals surface area contributed by atoms with Crippen LogP contribution in [0.2, 0.25) is 0 Å². The minimum absolute atomic E-state index is 0.0648. The van der Waals surface area contributed by atoms with Crippen molar-refractivity contribution in [2.45, 2.75) is 20.4 Å². The molecule has 0 saturated carbocycles. The van der Waals surface area contributed by atoms with E-state index in [1.165, 1.54) is 0 Å². The zero-order chi connectivity index (χ0) is 20.2. The number of aromatic nitrogens is 2. The predicted molar refractivity (Wildman–Crippen MR) is 114 cm³/mol. The van der Waals surface area contributed by atoms with E-state index in [1.54, 1.807) is 6.20 Å². The smallest absolute Gasteiger partial charge is 0.253 e. The lowest BCUT2D eigenvalue weighted by Crippen LogP contribution is -2.36. The van der Waals surface area contributed by atoms with E-state index in [0.29, 0.717) is 12.1 Å². The summed E-state index contributed by atoms with van der Waals surface area (Å²) in [6.07, 6.45) is 1.80. The molecule has 3 heterocycles. The third-order valence-electron chi connectivity index (χ3n) is 5.29. The normalized spacial score (nSPS) is 14.1. The summed E-state index contributed by atoms with van der Waals surface area (Å²) >= 11 is 0. The highest BCUT2D eigenvalue weighted by Crippen LogP contribution is 2.21. The summed E-state index contributed by atoms with van der Waals surface area (Å²) in [6, 6.07) is 16.0. The van der Waals surface area contributed by atoms with Crippen LogP contribution >= 0.6 is 0 Å². The maximum Gasteiger partial charge on any atom is 0.253 e. The molecule has 6 heteroatoms. The second-order valence-corrected chi connectivity index (χ2v) is 7.26. The molecule has 3 aromatic rings. The SMILES string of the molecule is Cc1cc(C(=O)NCc2ccnc(N3CCOCC3)c2)c(C)n1-c1ccccc1. The molecule has 1 fully saturated rings. The maximum atomic E-state index is 12.9. The Bertz CT molecular complexity index is 991. The number of benzene rings is 1. The average Bonchev–Trinajstić information content (AvgIpc) is 3.07. The van der Waals surface area contributed by atoms with Crippen LogP contribution in [-0.2, 0) is 11.3 Å². The van der Waals surface area contributed by atoms with Crippen LogP contribution in [0.4, 0.5) is 5.82 Å². The molecule has 2 aromatic heterocycles. The number of ether oxygens (including phenoxy) is 1. The number of aryl methyl sites for hydroxylation is 1. The first-order valence-electron chi connectivity index (χ1n) is 9.93. The van der Waals surface area contributed by atoms with Gasteiger partial charge in [-0.2, -0.15) is 0 Å². The maximum absolute atomic E-state index is 12.9. The van der Waals surface area contributed by atoms with E-state index in [2.05, 4.69) is 19.8 Å². The van der Waals surface area contributed by atoms with Gasteiger partial charge in [0.1, 0.15) is 5.82 Å². The van der Waals surface area contributed by atoms with Crippen LogP contribution in [0.25, 0.3) is 5.69 Å². The quantitative estimate of drug-likeness (QED) is 0.727. The molecule has 1 N–H and O–H groups in total. The second kappa shape index (κ2) is 8.49. The van der Waals surface area contributed by atoms with Gasteiger partial charge in [0.15, 0.2) is 0 Å². The minimum atomic E-state index is -0.0648. The van der Waals surface area contributed by atoms with Crippen molar-refractivity contribution in [3.05, 3.63) is 77.2 Å². The van der Waals surface area contributed by atoms with Crippen LogP contribution in [0, 0.1) is 13.8 Å². The molecule has 1 aliphatic heterocycles. The number of carbonyl (C=O) groups is 1. The van der Waals surface area contributed by atoms with Crippen molar-refractivity contribution in [1.29, 1.82) is 0 Å². The van der Waals surface area contributed by atoms with Crippen molar-refractivity contribution in [2.75, 3.05) is 31.2 Å². The first-order chi connectivity index (χ1) is 14.1. The number of hydrogen-bond donors (Lipinski definition) is 1. The van der Waals surface area contributed by atoms with Crippen LogP contribution in [0.3, 0.4) is 0 Å². The molecule has 29 heavy (non-hydrogen) atoms. The molecular weight excluding hydrogens is 364 g/mol. The van der Waals surface area contributed by atoms with Gasteiger partial charge in [0.05, 0.1) is 18.8 Å². The van der Waals surface area contributed by atoms with Gasteiger partial charge in [-0.25, -0.2) is 4.98 Å². The highest BCUT2D eigenvalue weighted by atomic mass is 16.5. The summed E-state index contributed by atoms with van der Waals surface area (Å²) in [7, 11) is 0. The van der Waals surface area contributed by atoms with Gasteiger partial charge in [0, 0.05) is 42.9 Å². The number of nitrogens with zero attached hydrogens (tertiary/aromatic N) is 3. The summed E-state index contributed by atoms with van der Waals surface area (Å²) in [6.45, 7) is 7.60. The van der Waals surface area contributed by atoms with E-state index in [4.69, 9.17) is 4.74 Å². The van der Waals surface area contributed by atoms with Crippen molar-refractivity contribution in [3.8, 4) is 5.69 Å². The lowest BCUT2D eigenvalue weighted by atomic mass is 10.2. The molecule has 0 spiro atoms. The van der Waals surface area contributed by atoms with Gasteiger partial charge in [-0.15, -0.1) is 0 Å². The number of morpholine rings is 1. The molecule has 0 atom stereocenters. The number of para-hydroxylation sites is 1. The second-order valence-electron chi connectivity index (χ2n) is 7.26. The molecule has 1 aromatic carbocycles. The molecule has 0 unspecified atom stereocenters. The van der Waals surface area contributed by atoms with Crippen molar-refractivity contribution in [1.82, 2.24) is 14.9 Å². The fourth-order valence-electron chi connectivity index (χ4n) is 3.78. The van der Waals surface area contributed by atoms with Gasteiger partial charge < -0.3 is 19.5 Å². The van der Waals surface area contributed by atoms with E-state index in [9.17, 15) is 4.79 Å². The zero-order valence-corrected chi connectivity index (χ0v) is 16.9. The van der Waals surface area contributed by atoms with Crippen molar-refractivity contribution >= 4 is 11.7 Å². The fourth-order valence-corrected chi connectivity index (χ4v) is 3.78. The van der Waals surface area contributed by atoms with Crippen molar-refractivity contribution in [2.24, 2.45) is 0 Å². The number of anilines is 1. The molecule has 1 aliphatic rings. The Kier molecular flexibility index (Phi) is 5.62. The number of hydrogen-bond acceptors (Lipinski definition) is 4. The Labute approximate surface area is 171 Å². The summed E-state index contributed by atoms with van der Waals surface area (Å²) in [5.41, 5.74) is 4.78. The van der Waals surface area contributed by atoms with Gasteiger partial charge in [0.25, 0.3) is 5.91 Å². The highest BCUT2D eigenvalue weighted by molar-refractivity contribution is 5.95. The summed E-state index contributed by atoms with van der Waals surface area (Å²) in [5, 5.41) is 3.05. The van der Waals surface area contributed by atoms with Gasteiger partial charge in [-0.1, -0.05) is 18.2 Å². The van der Waals surface area contributed by atoms with Gasteiger partial charge >= 0.3 is 0 Å². The molecule has 0 radical (unpaired) electrons. The monoisotopic (exact) mass is 390 g/mol. The summed E-state index contributed by atoms with van der Waals surface area (Å²) in [4.78, 5) is 19.5. The molecule has 1 amide bonds. The van der Waals surface area contributed by atoms with Gasteiger partial charge in [0.2, 0.25) is 0 Å². The fraction of sp³-hybridized carbons (Fsp3) is 0.304. The molecule has 0 aliphatic carbocycles. The van der Waals surface area contributed by atoms with Crippen LogP contribution in [0.15, 0.2) is 54.7 Å². The summed E-state index contributed by atoms with van der Waals surface area (Å²) < 4.78 is 7.51. The lowest BCUT2D eigenvalue weighted by molar-refractivity contribution is 0.0950. The van der Waals surface area contributed by atoms with Gasteiger partial charge in [-0.05, 0) is 49.7 Å². The Morgan fingerprint density at radius 1 is 1.10 bits per heavy atom. The Balaban J connectivity index is 1.47. The van der Waals surface area contributed by atoms with Crippen LogP contribution in [0.1, 0.15) is 27.3 Å². The lowest BCUT2D eigenvalue weighted by Gasteiger charge is -2.28. The van der Waals surface area contributed by atoms with E-state index in [-0.39, 0.29) is 5.91 Å². The Hall–Kier alpha value is -3.12. The summed E-state index contributed by atoms with van der Waals surface area (Å²) in [5.74, 6) is 0.868. The number of rotatable bonds is 5. The Morgan fingerprint density at radius 3 is 2.62 bits per heavy atom. The van der Waals surface area contributed by atoms with Crippen LogP contribution in [-0.4, -0.2) is 41.8 Å². The first kappa shape index (κ1) is 19.2. The van der Waals surface area contributed by atoms with E-state index >= 15 is 0 Å². The minimum Gasteiger partial charge on any atom is -0.378 e. The Morgan fingerprint density at radius 2 is 1.86 bits per heavy atom. The average molecular weight is 390 g/mol. The van der Waals surface area contributed by atoms with E-state index in [0.717, 1.165) is 54.8 Å². The number of amides is 1. The van der Waals surface area contributed by atoms with Crippen LogP contribution in [0.5, 0.6) is 0 Å².